The Kier molecular flexibility index (Phi) is 3.13. The fraction of sp³-hybridized carbons (Fsp3) is 0.400. The van der Waals surface area contributed by atoms with Crippen LogP contribution in [-0.4, -0.2) is 21.7 Å². The highest BCUT2D eigenvalue weighted by Crippen LogP contribution is 2.45. The van der Waals surface area contributed by atoms with Gasteiger partial charge in [0.25, 0.3) is 0 Å². The maximum atomic E-state index is 9.35. The predicted octanol–water partition coefficient (Wildman–Crippen LogP) is 2.97. The van der Waals surface area contributed by atoms with Gasteiger partial charge in [-0.1, -0.05) is 0 Å². The molecule has 0 unspecified atom stereocenters. The molecule has 0 aromatic heterocycles. The van der Waals surface area contributed by atoms with Crippen LogP contribution < -0.4 is 0 Å². The number of phenolic OH excluding ortho intramolecular Hbond substituents is 2. The monoisotopic (exact) mass is 228 g/mol. The summed E-state index contributed by atoms with van der Waals surface area (Å²) in [5.74, 6) is 2.61. The van der Waals surface area contributed by atoms with E-state index in [1.165, 1.54) is 12.5 Å². The van der Waals surface area contributed by atoms with Crippen LogP contribution in [0.4, 0.5) is 0 Å². The van der Waals surface area contributed by atoms with Crippen molar-refractivity contribution in [2.45, 2.75) is 11.0 Å². The van der Waals surface area contributed by atoms with Gasteiger partial charge < -0.3 is 10.2 Å². The minimum absolute atomic E-state index is 0.145. The van der Waals surface area contributed by atoms with E-state index in [1.54, 1.807) is 12.1 Å². The molecule has 2 rings (SSSR count). The second kappa shape index (κ2) is 4.36. The van der Waals surface area contributed by atoms with Crippen LogP contribution >= 0.6 is 23.5 Å². The van der Waals surface area contributed by atoms with Crippen molar-refractivity contribution in [1.29, 1.82) is 0 Å². The van der Waals surface area contributed by atoms with E-state index < -0.39 is 0 Å². The normalized spacial score (nSPS) is 18.3. The van der Waals surface area contributed by atoms with Crippen LogP contribution in [0.2, 0.25) is 0 Å². The van der Waals surface area contributed by atoms with Gasteiger partial charge in [0, 0.05) is 6.07 Å². The van der Waals surface area contributed by atoms with Crippen molar-refractivity contribution in [2.24, 2.45) is 0 Å². The maximum absolute atomic E-state index is 9.35. The molecular formula is C10H12O2S2. The van der Waals surface area contributed by atoms with Crippen LogP contribution in [0.15, 0.2) is 18.2 Å². The fourth-order valence-corrected chi connectivity index (χ4v) is 4.29. The molecule has 2 N–H and O–H groups in total. The van der Waals surface area contributed by atoms with E-state index in [4.69, 9.17) is 0 Å². The molecule has 2 nitrogen and oxygen atoms in total. The van der Waals surface area contributed by atoms with Crippen LogP contribution in [0.3, 0.4) is 0 Å². The molecule has 0 atom stereocenters. The molecule has 1 aliphatic heterocycles. The van der Waals surface area contributed by atoms with E-state index >= 15 is 0 Å². The smallest absolute Gasteiger partial charge is 0.119 e. The van der Waals surface area contributed by atoms with Gasteiger partial charge in [0.15, 0.2) is 0 Å². The first kappa shape index (κ1) is 10.1. The third kappa shape index (κ3) is 2.30. The number of benzene rings is 1. The Morgan fingerprint density at radius 1 is 1.00 bits per heavy atom. The van der Waals surface area contributed by atoms with E-state index in [0.29, 0.717) is 4.58 Å². The number of rotatable bonds is 1. The van der Waals surface area contributed by atoms with Crippen LogP contribution in [0.1, 0.15) is 16.6 Å². The minimum Gasteiger partial charge on any atom is -0.508 e. The molecule has 0 bridgehead atoms. The average molecular weight is 228 g/mol. The zero-order chi connectivity index (χ0) is 9.97. The van der Waals surface area contributed by atoms with Crippen LogP contribution in [-0.2, 0) is 0 Å². The van der Waals surface area contributed by atoms with Gasteiger partial charge in [0.2, 0.25) is 0 Å². The highest BCUT2D eigenvalue weighted by atomic mass is 32.2. The molecule has 0 saturated carbocycles. The molecule has 76 valence electrons. The van der Waals surface area contributed by atoms with Gasteiger partial charge in [-0.2, -0.15) is 0 Å². The SMILES string of the molecule is Oc1cc(O)cc(C2SCCCS2)c1. The molecule has 1 fully saturated rings. The quantitative estimate of drug-likeness (QED) is 0.775. The summed E-state index contributed by atoms with van der Waals surface area (Å²) in [6.45, 7) is 0. The maximum Gasteiger partial charge on any atom is 0.119 e. The zero-order valence-corrected chi connectivity index (χ0v) is 9.27. The van der Waals surface area contributed by atoms with Gasteiger partial charge in [0.05, 0.1) is 4.58 Å². The van der Waals surface area contributed by atoms with Gasteiger partial charge in [-0.3, -0.25) is 0 Å². The largest absolute Gasteiger partial charge is 0.508 e. The van der Waals surface area contributed by atoms with E-state index in [-0.39, 0.29) is 11.5 Å². The van der Waals surface area contributed by atoms with Crippen molar-refractivity contribution in [3.8, 4) is 11.5 Å². The molecule has 4 heteroatoms. The Balaban J connectivity index is 2.21. The lowest BCUT2D eigenvalue weighted by molar-refractivity contribution is 0.449. The average Bonchev–Trinajstić information content (AvgIpc) is 2.18. The number of hydrogen-bond acceptors (Lipinski definition) is 4. The van der Waals surface area contributed by atoms with Crippen molar-refractivity contribution >= 4 is 23.5 Å². The molecule has 14 heavy (non-hydrogen) atoms. The molecule has 0 aliphatic carbocycles. The van der Waals surface area contributed by atoms with E-state index in [1.807, 2.05) is 23.5 Å². The van der Waals surface area contributed by atoms with Crippen LogP contribution in [0.5, 0.6) is 11.5 Å². The Morgan fingerprint density at radius 3 is 2.14 bits per heavy atom. The standard InChI is InChI=1S/C10H12O2S2/c11-8-4-7(5-9(12)6-8)10-13-2-1-3-14-10/h4-6,10-12H,1-3H2. The van der Waals surface area contributed by atoms with Crippen LogP contribution in [0, 0.1) is 0 Å². The molecule has 1 aliphatic rings. The Morgan fingerprint density at radius 2 is 1.57 bits per heavy atom. The summed E-state index contributed by atoms with van der Waals surface area (Å²) >= 11 is 3.75. The topological polar surface area (TPSA) is 40.5 Å². The Hall–Kier alpha value is -0.480. The molecule has 1 aromatic carbocycles. The molecule has 1 saturated heterocycles. The van der Waals surface area contributed by atoms with E-state index in [9.17, 15) is 10.2 Å². The van der Waals surface area contributed by atoms with Crippen LogP contribution in [0.25, 0.3) is 0 Å². The Labute approximate surface area is 91.7 Å². The third-order valence-electron chi connectivity index (χ3n) is 2.02. The third-order valence-corrected chi connectivity index (χ3v) is 5.04. The number of phenols is 2. The molecule has 0 radical (unpaired) electrons. The van der Waals surface area contributed by atoms with Gasteiger partial charge in [-0.05, 0) is 35.6 Å². The first-order chi connectivity index (χ1) is 6.75. The first-order valence-corrected chi connectivity index (χ1v) is 6.61. The van der Waals surface area contributed by atoms with Crippen molar-refractivity contribution in [3.63, 3.8) is 0 Å². The number of thioether (sulfide) groups is 2. The summed E-state index contributed by atoms with van der Waals surface area (Å²) in [5.41, 5.74) is 1.01. The Bertz CT molecular complexity index is 302. The molecule has 1 aromatic rings. The highest BCUT2D eigenvalue weighted by Gasteiger charge is 2.17. The fourth-order valence-electron chi connectivity index (χ4n) is 1.43. The first-order valence-electron chi connectivity index (χ1n) is 4.52. The zero-order valence-electron chi connectivity index (χ0n) is 7.64. The summed E-state index contributed by atoms with van der Waals surface area (Å²) < 4.78 is 0.363. The lowest BCUT2D eigenvalue weighted by atomic mass is 10.2. The van der Waals surface area contributed by atoms with Gasteiger partial charge >= 0.3 is 0 Å². The van der Waals surface area contributed by atoms with Crippen molar-refractivity contribution < 1.29 is 10.2 Å². The van der Waals surface area contributed by atoms with Gasteiger partial charge in [-0.15, -0.1) is 23.5 Å². The second-order valence-electron chi connectivity index (χ2n) is 3.21. The number of aromatic hydroxyl groups is 2. The molecule has 1 heterocycles. The second-order valence-corrected chi connectivity index (χ2v) is 5.93. The summed E-state index contributed by atoms with van der Waals surface area (Å²) in [4.78, 5) is 0. The van der Waals surface area contributed by atoms with E-state index in [2.05, 4.69) is 0 Å². The van der Waals surface area contributed by atoms with E-state index in [0.717, 1.165) is 17.1 Å². The van der Waals surface area contributed by atoms with Gasteiger partial charge in [0.1, 0.15) is 11.5 Å². The van der Waals surface area contributed by atoms with Crippen molar-refractivity contribution in [2.75, 3.05) is 11.5 Å². The van der Waals surface area contributed by atoms with Crippen molar-refractivity contribution in [3.05, 3.63) is 23.8 Å². The summed E-state index contributed by atoms with van der Waals surface area (Å²) in [6, 6.07) is 4.83. The predicted molar refractivity (Wildman–Crippen MR) is 62.0 cm³/mol. The number of hydrogen-bond donors (Lipinski definition) is 2. The van der Waals surface area contributed by atoms with Crippen molar-refractivity contribution in [1.82, 2.24) is 0 Å². The summed E-state index contributed by atoms with van der Waals surface area (Å²) in [5, 5.41) is 18.7. The highest BCUT2D eigenvalue weighted by molar-refractivity contribution is 8.16. The minimum atomic E-state index is 0.145. The summed E-state index contributed by atoms with van der Waals surface area (Å²) in [6.07, 6.45) is 1.25. The molecule has 0 amide bonds. The molecule has 0 spiro atoms. The summed E-state index contributed by atoms with van der Waals surface area (Å²) in [7, 11) is 0. The van der Waals surface area contributed by atoms with Gasteiger partial charge in [-0.25, -0.2) is 0 Å². The lowest BCUT2D eigenvalue weighted by Gasteiger charge is -2.21. The lowest BCUT2D eigenvalue weighted by Crippen LogP contribution is -1.99. The molecular weight excluding hydrogens is 216 g/mol.